The first-order valence-electron chi connectivity index (χ1n) is 11.2. The number of fused-ring (bicyclic) bond motifs is 1. The number of anilines is 1. The van der Waals surface area contributed by atoms with E-state index in [1.807, 2.05) is 42.5 Å². The second kappa shape index (κ2) is 11.0. The third kappa shape index (κ3) is 5.84. The predicted molar refractivity (Wildman–Crippen MR) is 139 cm³/mol. The first-order valence-corrected chi connectivity index (χ1v) is 11.6. The molecule has 0 radical (unpaired) electrons. The maximum Gasteiger partial charge on any atom is 0.319 e. The van der Waals surface area contributed by atoms with Crippen molar-refractivity contribution in [1.82, 2.24) is 9.88 Å². The minimum Gasteiger partial charge on any atom is -0.505 e. The fraction of sp³-hybridized carbons (Fsp3) is 0.148. The maximum absolute atomic E-state index is 13.0. The number of amides is 2. The van der Waals surface area contributed by atoms with Crippen molar-refractivity contribution in [3.63, 3.8) is 0 Å². The van der Waals surface area contributed by atoms with Crippen molar-refractivity contribution in [1.29, 1.82) is 0 Å². The minimum absolute atomic E-state index is 0.137. The molecule has 0 aliphatic heterocycles. The molecule has 0 aliphatic carbocycles. The molecule has 9 heteroatoms. The van der Waals surface area contributed by atoms with Crippen LogP contribution in [-0.2, 0) is 17.8 Å². The number of benzene rings is 3. The largest absolute Gasteiger partial charge is 0.505 e. The van der Waals surface area contributed by atoms with Crippen molar-refractivity contribution in [3.8, 4) is 5.75 Å². The molecule has 0 saturated carbocycles. The van der Waals surface area contributed by atoms with Crippen LogP contribution in [0.1, 0.15) is 17.5 Å². The van der Waals surface area contributed by atoms with Crippen molar-refractivity contribution < 1.29 is 19.8 Å². The molecule has 2 amide bonds. The summed E-state index contributed by atoms with van der Waals surface area (Å²) in [6, 6.07) is 20.2. The number of aliphatic carboxylic acids is 1. The van der Waals surface area contributed by atoms with Crippen LogP contribution >= 0.6 is 11.6 Å². The molecule has 1 aromatic heterocycles. The summed E-state index contributed by atoms with van der Waals surface area (Å²) < 4.78 is 1.31. The summed E-state index contributed by atoms with van der Waals surface area (Å²) in [7, 11) is 0. The fourth-order valence-corrected chi connectivity index (χ4v) is 4.27. The average molecular weight is 506 g/mol. The third-order valence-corrected chi connectivity index (χ3v) is 6.15. The Morgan fingerprint density at radius 1 is 0.944 bits per heavy atom. The van der Waals surface area contributed by atoms with Gasteiger partial charge < -0.3 is 25.4 Å². The summed E-state index contributed by atoms with van der Waals surface area (Å²) in [5.74, 6) is -1.49. The molecule has 0 aliphatic rings. The van der Waals surface area contributed by atoms with E-state index in [2.05, 4.69) is 10.6 Å². The first kappa shape index (κ1) is 24.8. The van der Waals surface area contributed by atoms with Crippen LogP contribution in [0.25, 0.3) is 10.8 Å². The molecule has 184 valence electrons. The molecular weight excluding hydrogens is 482 g/mol. The molecule has 4 rings (SSSR count). The number of hydrogen-bond acceptors (Lipinski definition) is 4. The number of urea groups is 1. The normalized spacial score (nSPS) is 11.7. The molecule has 36 heavy (non-hydrogen) atoms. The number of nitrogens with one attached hydrogen (secondary N) is 2. The predicted octanol–water partition coefficient (Wildman–Crippen LogP) is 4.62. The Morgan fingerprint density at radius 2 is 1.64 bits per heavy atom. The van der Waals surface area contributed by atoms with Crippen LogP contribution in [0, 0.1) is 0 Å². The van der Waals surface area contributed by atoms with Crippen molar-refractivity contribution in [3.05, 3.63) is 105 Å². The van der Waals surface area contributed by atoms with E-state index < -0.39 is 29.4 Å². The standard InChI is InChI=1S/C27H24ClN3O5/c28-22-11-4-2-7-19(22)16-31-13-12-23(32)25(26(31)35)30-27(36)29-20(15-24(33)34)14-18-9-5-8-17-6-1-3-10-21(17)18/h1-13,20,32H,14-16H2,(H,33,34)(H2,29,30,36)/t20-/m1/s1. The summed E-state index contributed by atoms with van der Waals surface area (Å²) in [6.45, 7) is 0.137. The van der Waals surface area contributed by atoms with Crippen LogP contribution in [-0.4, -0.2) is 32.8 Å². The number of aromatic nitrogens is 1. The molecule has 0 bridgehead atoms. The zero-order chi connectivity index (χ0) is 25.7. The molecule has 0 fully saturated rings. The monoisotopic (exact) mass is 505 g/mol. The molecule has 4 aromatic rings. The van der Waals surface area contributed by atoms with Gasteiger partial charge in [-0.25, -0.2) is 4.79 Å². The van der Waals surface area contributed by atoms with Crippen molar-refractivity contribution in [2.75, 3.05) is 5.32 Å². The van der Waals surface area contributed by atoms with Gasteiger partial charge in [0.2, 0.25) is 0 Å². The Bertz CT molecular complexity index is 1480. The van der Waals surface area contributed by atoms with Crippen molar-refractivity contribution >= 4 is 40.1 Å². The van der Waals surface area contributed by atoms with E-state index in [1.54, 1.807) is 24.3 Å². The molecule has 8 nitrogen and oxygen atoms in total. The highest BCUT2D eigenvalue weighted by Crippen LogP contribution is 2.22. The third-order valence-electron chi connectivity index (χ3n) is 5.78. The average Bonchev–Trinajstić information content (AvgIpc) is 2.84. The van der Waals surface area contributed by atoms with Gasteiger partial charge in [-0.3, -0.25) is 9.59 Å². The number of aromatic hydroxyl groups is 1. The SMILES string of the molecule is O=C(O)C[C@@H](Cc1cccc2ccccc12)NC(=O)Nc1c(O)ccn(Cc2ccccc2Cl)c1=O. The Morgan fingerprint density at radius 3 is 2.42 bits per heavy atom. The number of rotatable bonds is 8. The van der Waals surface area contributed by atoms with Gasteiger partial charge >= 0.3 is 12.0 Å². The van der Waals surface area contributed by atoms with Gasteiger partial charge in [0.05, 0.1) is 13.0 Å². The number of pyridine rings is 1. The second-order valence-corrected chi connectivity index (χ2v) is 8.74. The topological polar surface area (TPSA) is 121 Å². The lowest BCUT2D eigenvalue weighted by atomic mass is 9.97. The number of halogens is 1. The molecular formula is C27H24ClN3O5. The van der Waals surface area contributed by atoms with Gasteiger partial charge in [0.25, 0.3) is 5.56 Å². The number of carbonyl (C=O) groups excluding carboxylic acids is 1. The first-order chi connectivity index (χ1) is 17.3. The smallest absolute Gasteiger partial charge is 0.319 e. The van der Waals surface area contributed by atoms with Crippen LogP contribution in [0.2, 0.25) is 5.02 Å². The lowest BCUT2D eigenvalue weighted by molar-refractivity contribution is -0.137. The zero-order valence-electron chi connectivity index (χ0n) is 19.1. The molecule has 1 heterocycles. The van der Waals surface area contributed by atoms with Gasteiger partial charge in [-0.05, 0) is 40.5 Å². The van der Waals surface area contributed by atoms with Crippen LogP contribution in [0.3, 0.4) is 0 Å². The van der Waals surface area contributed by atoms with Crippen molar-refractivity contribution in [2.45, 2.75) is 25.4 Å². The zero-order valence-corrected chi connectivity index (χ0v) is 19.9. The van der Waals surface area contributed by atoms with Gasteiger partial charge in [0, 0.05) is 17.3 Å². The van der Waals surface area contributed by atoms with E-state index in [-0.39, 0.29) is 25.1 Å². The number of nitrogens with zero attached hydrogens (tertiary/aromatic N) is 1. The summed E-state index contributed by atoms with van der Waals surface area (Å²) in [5, 5.41) is 27.1. The van der Waals surface area contributed by atoms with E-state index in [1.165, 1.54) is 16.8 Å². The lowest BCUT2D eigenvalue weighted by Crippen LogP contribution is -2.41. The maximum atomic E-state index is 13.0. The molecule has 0 spiro atoms. The fourth-order valence-electron chi connectivity index (χ4n) is 4.07. The quantitative estimate of drug-likeness (QED) is 0.278. The Hall–Kier alpha value is -4.30. The summed E-state index contributed by atoms with van der Waals surface area (Å²) in [6.07, 6.45) is 1.34. The number of carbonyl (C=O) groups is 2. The van der Waals surface area contributed by atoms with Crippen molar-refractivity contribution in [2.24, 2.45) is 0 Å². The second-order valence-electron chi connectivity index (χ2n) is 8.34. The van der Waals surface area contributed by atoms with Gasteiger partial charge in [0.1, 0.15) is 5.75 Å². The molecule has 4 N–H and O–H groups in total. The highest BCUT2D eigenvalue weighted by Gasteiger charge is 2.20. The van der Waals surface area contributed by atoms with Gasteiger partial charge in [0.15, 0.2) is 5.69 Å². The van der Waals surface area contributed by atoms with Crippen LogP contribution in [0.4, 0.5) is 10.5 Å². The number of carboxylic acids is 1. The van der Waals surface area contributed by atoms with E-state index in [0.717, 1.165) is 16.3 Å². The van der Waals surface area contributed by atoms with E-state index in [9.17, 15) is 24.6 Å². The lowest BCUT2D eigenvalue weighted by Gasteiger charge is -2.19. The van der Waals surface area contributed by atoms with Crippen LogP contribution in [0.15, 0.2) is 83.8 Å². The molecule has 0 unspecified atom stereocenters. The van der Waals surface area contributed by atoms with Gasteiger partial charge in [-0.2, -0.15) is 0 Å². The summed E-state index contributed by atoms with van der Waals surface area (Å²) >= 11 is 6.19. The van der Waals surface area contributed by atoms with Gasteiger partial charge in [-0.1, -0.05) is 72.3 Å². The highest BCUT2D eigenvalue weighted by molar-refractivity contribution is 6.31. The Balaban J connectivity index is 1.53. The Kier molecular flexibility index (Phi) is 7.56. The van der Waals surface area contributed by atoms with E-state index >= 15 is 0 Å². The number of hydrogen-bond donors (Lipinski definition) is 4. The molecule has 0 saturated heterocycles. The highest BCUT2D eigenvalue weighted by atomic mass is 35.5. The number of carboxylic acid groups (broad SMARTS) is 1. The van der Waals surface area contributed by atoms with Gasteiger partial charge in [-0.15, -0.1) is 0 Å². The van der Waals surface area contributed by atoms with Crippen LogP contribution < -0.4 is 16.2 Å². The molecule has 3 aromatic carbocycles. The van der Waals surface area contributed by atoms with E-state index in [0.29, 0.717) is 10.6 Å². The molecule has 1 atom stereocenters. The Labute approximate surface area is 211 Å². The van der Waals surface area contributed by atoms with Crippen LogP contribution in [0.5, 0.6) is 5.75 Å². The minimum atomic E-state index is -1.08. The van der Waals surface area contributed by atoms with E-state index in [4.69, 9.17) is 11.6 Å². The summed E-state index contributed by atoms with van der Waals surface area (Å²) in [5.41, 5.74) is 0.624. The summed E-state index contributed by atoms with van der Waals surface area (Å²) in [4.78, 5) is 37.2.